The zero-order valence-corrected chi connectivity index (χ0v) is 16.6. The summed E-state index contributed by atoms with van der Waals surface area (Å²) in [6.45, 7) is 0.157. The minimum absolute atomic E-state index is 0.0653. The molecule has 0 spiro atoms. The Hall–Kier alpha value is -3.19. The first kappa shape index (κ1) is 19.1. The van der Waals surface area contributed by atoms with E-state index in [1.165, 1.54) is 18.4 Å². The third-order valence-electron chi connectivity index (χ3n) is 5.25. The zero-order valence-electron chi connectivity index (χ0n) is 15.8. The highest BCUT2D eigenvalue weighted by Gasteiger charge is 2.32. The van der Waals surface area contributed by atoms with Gasteiger partial charge in [-0.25, -0.2) is 9.59 Å². The highest BCUT2D eigenvalue weighted by atomic mass is 32.1. The van der Waals surface area contributed by atoms with Crippen molar-refractivity contribution in [3.8, 4) is 11.1 Å². The molecule has 0 saturated carbocycles. The van der Waals surface area contributed by atoms with Crippen molar-refractivity contribution in [2.24, 2.45) is 0 Å². The number of amides is 1. The van der Waals surface area contributed by atoms with Crippen molar-refractivity contribution in [3.63, 3.8) is 0 Å². The van der Waals surface area contributed by atoms with Gasteiger partial charge in [-0.15, -0.1) is 11.3 Å². The summed E-state index contributed by atoms with van der Waals surface area (Å²) in [7, 11) is 1.46. The van der Waals surface area contributed by atoms with Crippen molar-refractivity contribution < 1.29 is 19.4 Å². The maximum Gasteiger partial charge on any atom is 0.410 e. The SMILES string of the molecule is CN(C(=O)OCC1c2ccccc2-c2ccccc21)[C@@H](Cc1cncs1)C(=O)O. The molecule has 0 radical (unpaired) electrons. The summed E-state index contributed by atoms with van der Waals surface area (Å²) in [5.74, 6) is -1.14. The van der Waals surface area contributed by atoms with Gasteiger partial charge in [-0.05, 0) is 22.3 Å². The molecular weight excluding hydrogens is 388 g/mol. The van der Waals surface area contributed by atoms with Crippen LogP contribution in [0.4, 0.5) is 4.79 Å². The Kier molecular flexibility index (Phi) is 5.31. The van der Waals surface area contributed by atoms with Crippen LogP contribution in [0.2, 0.25) is 0 Å². The average Bonchev–Trinajstić information content (AvgIpc) is 3.36. The fourth-order valence-corrected chi connectivity index (χ4v) is 4.38. The average molecular weight is 408 g/mol. The number of nitrogens with zero attached hydrogens (tertiary/aromatic N) is 2. The van der Waals surface area contributed by atoms with E-state index in [0.29, 0.717) is 0 Å². The maximum absolute atomic E-state index is 12.6. The van der Waals surface area contributed by atoms with Crippen molar-refractivity contribution >= 4 is 23.4 Å². The summed E-state index contributed by atoms with van der Waals surface area (Å²) in [6.07, 6.45) is 1.16. The molecule has 4 rings (SSSR count). The van der Waals surface area contributed by atoms with Crippen molar-refractivity contribution in [2.45, 2.75) is 18.4 Å². The van der Waals surface area contributed by atoms with Gasteiger partial charge in [-0.3, -0.25) is 9.88 Å². The lowest BCUT2D eigenvalue weighted by atomic mass is 9.98. The summed E-state index contributed by atoms with van der Waals surface area (Å²) in [5.41, 5.74) is 6.16. The van der Waals surface area contributed by atoms with E-state index in [1.807, 2.05) is 36.4 Å². The van der Waals surface area contributed by atoms with E-state index in [0.717, 1.165) is 32.0 Å². The fourth-order valence-electron chi connectivity index (χ4n) is 3.75. The molecule has 0 unspecified atom stereocenters. The molecule has 148 valence electrons. The summed E-state index contributed by atoms with van der Waals surface area (Å²) in [4.78, 5) is 30.2. The van der Waals surface area contributed by atoms with E-state index in [1.54, 1.807) is 11.7 Å². The second kappa shape index (κ2) is 8.05. The maximum atomic E-state index is 12.6. The Labute approximate surface area is 172 Å². The van der Waals surface area contributed by atoms with Gasteiger partial charge in [0.05, 0.1) is 5.51 Å². The van der Waals surface area contributed by atoms with Gasteiger partial charge in [0.2, 0.25) is 0 Å². The molecule has 2 aromatic carbocycles. The molecule has 0 saturated heterocycles. The van der Waals surface area contributed by atoms with E-state index in [-0.39, 0.29) is 18.9 Å². The van der Waals surface area contributed by atoms with E-state index in [9.17, 15) is 14.7 Å². The van der Waals surface area contributed by atoms with E-state index < -0.39 is 18.1 Å². The number of carbonyl (C=O) groups is 2. The first-order chi connectivity index (χ1) is 14.1. The van der Waals surface area contributed by atoms with Gasteiger partial charge in [0.25, 0.3) is 0 Å². The molecule has 1 aliphatic carbocycles. The van der Waals surface area contributed by atoms with Gasteiger partial charge in [-0.1, -0.05) is 48.5 Å². The third-order valence-corrected chi connectivity index (χ3v) is 6.06. The number of aliphatic carboxylic acids is 1. The molecule has 0 aliphatic heterocycles. The first-order valence-corrected chi connectivity index (χ1v) is 10.1. The van der Waals surface area contributed by atoms with Crippen molar-refractivity contribution in [2.75, 3.05) is 13.7 Å². The van der Waals surface area contributed by atoms with Crippen LogP contribution in [0.15, 0.2) is 60.2 Å². The van der Waals surface area contributed by atoms with Gasteiger partial charge in [-0.2, -0.15) is 0 Å². The minimum Gasteiger partial charge on any atom is -0.480 e. The molecule has 7 heteroatoms. The second-order valence-corrected chi connectivity index (χ2v) is 7.91. The Bertz CT molecular complexity index is 989. The molecule has 0 fully saturated rings. The monoisotopic (exact) mass is 408 g/mol. The molecule has 29 heavy (non-hydrogen) atoms. The van der Waals surface area contributed by atoms with Crippen LogP contribution < -0.4 is 0 Å². The highest BCUT2D eigenvalue weighted by Crippen LogP contribution is 2.44. The molecule has 1 amide bonds. The number of ether oxygens (including phenoxy) is 1. The van der Waals surface area contributed by atoms with Crippen LogP contribution in [0, 0.1) is 0 Å². The number of aromatic nitrogens is 1. The number of benzene rings is 2. The van der Waals surface area contributed by atoms with Crippen LogP contribution in [0.3, 0.4) is 0 Å². The number of thiazole rings is 1. The van der Waals surface area contributed by atoms with Crippen LogP contribution in [-0.2, 0) is 16.0 Å². The number of hydrogen-bond donors (Lipinski definition) is 1. The van der Waals surface area contributed by atoms with Gasteiger partial charge < -0.3 is 9.84 Å². The number of fused-ring (bicyclic) bond motifs is 3. The van der Waals surface area contributed by atoms with Gasteiger partial charge in [0.1, 0.15) is 12.6 Å². The van der Waals surface area contributed by atoms with Crippen LogP contribution in [-0.4, -0.2) is 46.7 Å². The van der Waals surface area contributed by atoms with Crippen LogP contribution in [0.25, 0.3) is 11.1 Å². The molecule has 1 aromatic heterocycles. The molecule has 1 heterocycles. The normalized spacial score (nSPS) is 13.4. The predicted octanol–water partition coefficient (Wildman–Crippen LogP) is 4.02. The number of carbonyl (C=O) groups excluding carboxylic acids is 1. The van der Waals surface area contributed by atoms with Crippen LogP contribution in [0.5, 0.6) is 0 Å². The summed E-state index contributed by atoms with van der Waals surface area (Å²) < 4.78 is 5.56. The molecule has 1 atom stereocenters. The molecular formula is C22H20N2O4S. The van der Waals surface area contributed by atoms with Crippen molar-refractivity contribution in [1.29, 1.82) is 0 Å². The topological polar surface area (TPSA) is 79.7 Å². The Morgan fingerprint density at radius 2 is 1.76 bits per heavy atom. The quantitative estimate of drug-likeness (QED) is 0.666. The molecule has 0 bridgehead atoms. The summed E-state index contributed by atoms with van der Waals surface area (Å²) >= 11 is 1.36. The summed E-state index contributed by atoms with van der Waals surface area (Å²) in [6, 6.07) is 15.1. The van der Waals surface area contributed by atoms with Crippen LogP contribution in [0.1, 0.15) is 21.9 Å². The lowest BCUT2D eigenvalue weighted by molar-refractivity contribution is -0.142. The lowest BCUT2D eigenvalue weighted by Gasteiger charge is -2.24. The Morgan fingerprint density at radius 1 is 1.14 bits per heavy atom. The largest absolute Gasteiger partial charge is 0.480 e. The summed E-state index contributed by atoms with van der Waals surface area (Å²) in [5, 5.41) is 9.57. The Morgan fingerprint density at radius 3 is 2.31 bits per heavy atom. The number of carboxylic acid groups (broad SMARTS) is 1. The van der Waals surface area contributed by atoms with Gasteiger partial charge in [0.15, 0.2) is 0 Å². The number of hydrogen-bond acceptors (Lipinski definition) is 5. The smallest absolute Gasteiger partial charge is 0.410 e. The van der Waals surface area contributed by atoms with E-state index in [2.05, 4.69) is 17.1 Å². The van der Waals surface area contributed by atoms with Gasteiger partial charge >= 0.3 is 12.1 Å². The second-order valence-electron chi connectivity index (χ2n) is 6.94. The van der Waals surface area contributed by atoms with E-state index in [4.69, 9.17) is 4.74 Å². The zero-order chi connectivity index (χ0) is 20.4. The third kappa shape index (κ3) is 3.73. The Balaban J connectivity index is 1.48. The van der Waals surface area contributed by atoms with Crippen molar-refractivity contribution in [1.82, 2.24) is 9.88 Å². The first-order valence-electron chi connectivity index (χ1n) is 9.24. The molecule has 6 nitrogen and oxygen atoms in total. The number of rotatable bonds is 6. The molecule has 1 N–H and O–H groups in total. The van der Waals surface area contributed by atoms with Crippen molar-refractivity contribution in [3.05, 3.63) is 76.2 Å². The highest BCUT2D eigenvalue weighted by molar-refractivity contribution is 7.09. The van der Waals surface area contributed by atoms with E-state index >= 15 is 0 Å². The minimum atomic E-state index is -1.07. The lowest BCUT2D eigenvalue weighted by Crippen LogP contribution is -2.44. The number of carboxylic acids is 1. The molecule has 3 aromatic rings. The van der Waals surface area contributed by atoms with Gasteiger partial charge in [0, 0.05) is 30.5 Å². The predicted molar refractivity (Wildman–Crippen MR) is 110 cm³/mol. The molecule has 1 aliphatic rings. The standard InChI is InChI=1S/C22H20N2O4S/c1-24(20(21(25)26)10-14-11-23-13-29-14)22(27)28-12-19-17-8-4-2-6-15(17)16-7-3-5-9-18(16)19/h2-9,11,13,19-20H,10,12H2,1H3,(H,25,26)/t20-/m0/s1. The van der Waals surface area contributed by atoms with Crippen LogP contribution >= 0.6 is 11.3 Å². The fraction of sp³-hybridized carbons (Fsp3) is 0.227. The number of likely N-dealkylation sites (N-methyl/N-ethyl adjacent to an activating group) is 1.